The Morgan fingerprint density at radius 2 is 1.81 bits per heavy atom. The van der Waals surface area contributed by atoms with Crippen molar-refractivity contribution < 1.29 is 18.3 Å². The van der Waals surface area contributed by atoms with Crippen LogP contribution in [0, 0.1) is 0 Å². The van der Waals surface area contributed by atoms with E-state index < -0.39 is 11.2 Å². The van der Waals surface area contributed by atoms with Crippen LogP contribution in [-0.2, 0) is 6.54 Å². The average molecular weight is 460 g/mol. The molecule has 2 aromatic carbocycles. The molecule has 1 N–H and O–H groups in total. The lowest BCUT2D eigenvalue weighted by molar-refractivity contribution is -0.0328. The van der Waals surface area contributed by atoms with Gasteiger partial charge < -0.3 is 10.0 Å². The molecule has 32 heavy (non-hydrogen) atoms. The van der Waals surface area contributed by atoms with Gasteiger partial charge in [-0.2, -0.15) is 13.2 Å². The number of aromatic hydroxyl groups is 1. The predicted molar refractivity (Wildman–Crippen MR) is 119 cm³/mol. The molecule has 10 heteroatoms. The van der Waals surface area contributed by atoms with E-state index in [4.69, 9.17) is 0 Å². The summed E-state index contributed by atoms with van der Waals surface area (Å²) >= 11 is -0.240. The minimum atomic E-state index is -4.40. The topological polar surface area (TPSA) is 63.3 Å². The summed E-state index contributed by atoms with van der Waals surface area (Å²) in [7, 11) is 3.87. The number of pyridine rings is 1. The lowest BCUT2D eigenvalue weighted by Crippen LogP contribution is -2.23. The summed E-state index contributed by atoms with van der Waals surface area (Å²) < 4.78 is 40.0. The van der Waals surface area contributed by atoms with Gasteiger partial charge in [-0.3, -0.25) is 9.55 Å². The van der Waals surface area contributed by atoms with Crippen molar-refractivity contribution in [3.8, 4) is 11.6 Å². The van der Waals surface area contributed by atoms with Crippen LogP contribution in [0.4, 0.5) is 18.9 Å². The van der Waals surface area contributed by atoms with Crippen LogP contribution in [0.2, 0.25) is 0 Å². The van der Waals surface area contributed by atoms with Crippen LogP contribution < -0.4 is 10.6 Å². The van der Waals surface area contributed by atoms with Gasteiger partial charge in [0.2, 0.25) is 5.88 Å². The maximum atomic E-state index is 12.9. The van der Waals surface area contributed by atoms with Crippen LogP contribution in [0.5, 0.6) is 5.88 Å². The number of imidazole rings is 1. The van der Waals surface area contributed by atoms with E-state index in [1.807, 2.05) is 43.3 Å². The Morgan fingerprint density at radius 1 is 1.09 bits per heavy atom. The lowest BCUT2D eigenvalue weighted by Gasteiger charge is -2.14. The van der Waals surface area contributed by atoms with Gasteiger partial charge in [-0.25, -0.2) is 9.36 Å². The molecule has 166 valence electrons. The number of halogens is 3. The maximum Gasteiger partial charge on any atom is 0.446 e. The third kappa shape index (κ3) is 4.45. The monoisotopic (exact) mass is 460 g/mol. The Bertz CT molecular complexity index is 1330. The fourth-order valence-corrected chi connectivity index (χ4v) is 3.97. The zero-order chi connectivity index (χ0) is 23.0. The first kappa shape index (κ1) is 21.8. The van der Waals surface area contributed by atoms with Gasteiger partial charge in [-0.1, -0.05) is 6.07 Å². The average Bonchev–Trinajstić information content (AvgIpc) is 3.00. The molecule has 0 aliphatic heterocycles. The maximum absolute atomic E-state index is 12.9. The van der Waals surface area contributed by atoms with Crippen molar-refractivity contribution in [2.45, 2.75) is 16.9 Å². The van der Waals surface area contributed by atoms with Gasteiger partial charge in [0.15, 0.2) is 0 Å². The highest BCUT2D eigenvalue weighted by molar-refractivity contribution is 8.00. The Morgan fingerprint density at radius 3 is 2.47 bits per heavy atom. The summed E-state index contributed by atoms with van der Waals surface area (Å²) in [5, 5.41) is 11.2. The van der Waals surface area contributed by atoms with E-state index in [-0.39, 0.29) is 34.8 Å². The quantitative estimate of drug-likeness (QED) is 0.441. The van der Waals surface area contributed by atoms with E-state index in [2.05, 4.69) is 4.98 Å². The Kier molecular flexibility index (Phi) is 5.64. The second kappa shape index (κ2) is 8.27. The van der Waals surface area contributed by atoms with Gasteiger partial charge in [-0.05, 0) is 59.8 Å². The van der Waals surface area contributed by atoms with Crippen molar-refractivity contribution in [2.24, 2.45) is 0 Å². The molecule has 2 aromatic heterocycles. The summed E-state index contributed by atoms with van der Waals surface area (Å²) in [4.78, 5) is 19.3. The van der Waals surface area contributed by atoms with Gasteiger partial charge in [-0.15, -0.1) is 0 Å². The molecule has 2 heterocycles. The van der Waals surface area contributed by atoms with Crippen LogP contribution in [0.1, 0.15) is 5.56 Å². The molecule has 0 amide bonds. The minimum absolute atomic E-state index is 0.00595. The second-order valence-electron chi connectivity index (χ2n) is 7.34. The zero-order valence-electron chi connectivity index (χ0n) is 17.2. The molecule has 0 saturated heterocycles. The van der Waals surface area contributed by atoms with Crippen molar-refractivity contribution in [1.82, 2.24) is 14.1 Å². The van der Waals surface area contributed by atoms with Crippen LogP contribution in [-0.4, -0.2) is 38.8 Å². The molecule has 0 fully saturated rings. The van der Waals surface area contributed by atoms with E-state index in [1.54, 1.807) is 6.20 Å². The summed E-state index contributed by atoms with van der Waals surface area (Å²) in [5.41, 5.74) is -2.01. The molecule has 0 aliphatic rings. The molecule has 0 radical (unpaired) electrons. The van der Waals surface area contributed by atoms with E-state index in [0.29, 0.717) is 0 Å². The molecule has 0 saturated carbocycles. The summed E-state index contributed by atoms with van der Waals surface area (Å²) in [6.45, 7) is 0.196. The van der Waals surface area contributed by atoms with Crippen molar-refractivity contribution in [3.63, 3.8) is 0 Å². The summed E-state index contributed by atoms with van der Waals surface area (Å²) in [5.74, 6) is -0.306. The fraction of sp³-hybridized carbons (Fsp3) is 0.182. The normalized spacial score (nSPS) is 11.8. The number of rotatable bonds is 5. The Labute approximate surface area is 185 Å². The molecule has 0 bridgehead atoms. The highest BCUT2D eigenvalue weighted by atomic mass is 32.2. The van der Waals surface area contributed by atoms with Crippen LogP contribution in [0.15, 0.2) is 70.6 Å². The van der Waals surface area contributed by atoms with Crippen molar-refractivity contribution >= 4 is 28.4 Å². The lowest BCUT2D eigenvalue weighted by atomic mass is 10.1. The molecular formula is C22H19F3N4O2S. The SMILES string of the molecule is CN(C)c1ccc2c(Cn3cc(O)n(-c4ccc(SC(F)(F)F)cc4)c3=O)ccnc2c1. The number of benzene rings is 2. The number of nitrogens with zero attached hydrogens (tertiary/aromatic N) is 4. The van der Waals surface area contributed by atoms with Crippen LogP contribution in [0.3, 0.4) is 0 Å². The molecule has 4 aromatic rings. The molecule has 0 unspecified atom stereocenters. The van der Waals surface area contributed by atoms with Gasteiger partial charge >= 0.3 is 11.2 Å². The second-order valence-corrected chi connectivity index (χ2v) is 8.48. The third-order valence-corrected chi connectivity index (χ3v) is 5.68. The number of thioether (sulfide) groups is 1. The highest BCUT2D eigenvalue weighted by Gasteiger charge is 2.29. The first-order valence-electron chi connectivity index (χ1n) is 9.55. The standard InChI is InChI=1S/C22H19F3N4O2S/c1-27(2)16-5-8-18-14(9-10-26-19(18)11-16)12-28-13-20(30)29(21(28)31)15-3-6-17(7-4-15)32-22(23,24)25/h3-11,13,30H,12H2,1-2H3. The molecule has 0 atom stereocenters. The number of anilines is 1. The molecule has 0 aliphatic carbocycles. The van der Waals surface area contributed by atoms with Crippen molar-refractivity contribution in [1.29, 1.82) is 0 Å². The van der Waals surface area contributed by atoms with Crippen LogP contribution in [0.25, 0.3) is 16.6 Å². The summed E-state index contributed by atoms with van der Waals surface area (Å²) in [6.07, 6.45) is 2.97. The van der Waals surface area contributed by atoms with Crippen molar-refractivity contribution in [3.05, 3.63) is 77.0 Å². The van der Waals surface area contributed by atoms with E-state index >= 15 is 0 Å². The number of aromatic nitrogens is 3. The predicted octanol–water partition coefficient (Wildman–Crippen LogP) is 4.62. The first-order valence-corrected chi connectivity index (χ1v) is 10.4. The smallest absolute Gasteiger partial charge is 0.446 e. The van der Waals surface area contributed by atoms with Gasteiger partial charge in [0, 0.05) is 36.3 Å². The summed E-state index contributed by atoms with van der Waals surface area (Å²) in [6, 6.07) is 12.9. The Balaban J connectivity index is 1.66. The number of hydrogen-bond donors (Lipinski definition) is 1. The molecule has 4 rings (SSSR count). The Hall–Kier alpha value is -3.40. The van der Waals surface area contributed by atoms with E-state index in [1.165, 1.54) is 35.0 Å². The van der Waals surface area contributed by atoms with E-state index in [9.17, 15) is 23.1 Å². The third-order valence-electron chi connectivity index (χ3n) is 4.94. The molecule has 6 nitrogen and oxygen atoms in total. The fourth-order valence-electron chi connectivity index (χ4n) is 3.43. The molecular weight excluding hydrogens is 441 g/mol. The number of alkyl halides is 3. The molecule has 0 spiro atoms. The van der Waals surface area contributed by atoms with Gasteiger partial charge in [0.05, 0.1) is 23.9 Å². The highest BCUT2D eigenvalue weighted by Crippen LogP contribution is 2.37. The zero-order valence-corrected chi connectivity index (χ0v) is 18.0. The van der Waals surface area contributed by atoms with Gasteiger partial charge in [0.1, 0.15) is 0 Å². The minimum Gasteiger partial charge on any atom is -0.493 e. The largest absolute Gasteiger partial charge is 0.493 e. The number of fused-ring (bicyclic) bond motifs is 1. The van der Waals surface area contributed by atoms with Gasteiger partial charge in [0.25, 0.3) is 0 Å². The number of hydrogen-bond acceptors (Lipinski definition) is 5. The first-order chi connectivity index (χ1) is 15.1. The van der Waals surface area contributed by atoms with E-state index in [0.717, 1.165) is 26.7 Å². The van der Waals surface area contributed by atoms with Crippen LogP contribution >= 0.6 is 11.8 Å². The van der Waals surface area contributed by atoms with Crippen molar-refractivity contribution in [2.75, 3.05) is 19.0 Å².